The van der Waals surface area contributed by atoms with E-state index in [9.17, 15) is 4.79 Å². The highest BCUT2D eigenvalue weighted by atomic mass is 35.5. The summed E-state index contributed by atoms with van der Waals surface area (Å²) in [5.41, 5.74) is 0.322. The fourth-order valence-electron chi connectivity index (χ4n) is 1.85. The Morgan fingerprint density at radius 1 is 1.43 bits per heavy atom. The third kappa shape index (κ3) is 3.49. The number of halogens is 1. The van der Waals surface area contributed by atoms with Gasteiger partial charge in [0.05, 0.1) is 0 Å². The molecule has 0 bridgehead atoms. The molecule has 2 nitrogen and oxygen atoms in total. The summed E-state index contributed by atoms with van der Waals surface area (Å²) in [6.45, 7) is 6.30. The van der Waals surface area contributed by atoms with Gasteiger partial charge in [0.2, 0.25) is 5.91 Å². The van der Waals surface area contributed by atoms with Crippen molar-refractivity contribution in [1.29, 1.82) is 0 Å². The lowest BCUT2D eigenvalue weighted by Crippen LogP contribution is -2.29. The number of alkyl halides is 1. The standard InChI is InChI=1S/C11H20ClNO/c1-11(2)6-8-13(9-11)10(14)5-3-4-7-12/h3-9H2,1-2H3. The Hall–Kier alpha value is -0.240. The Kier molecular flexibility index (Phi) is 4.24. The Morgan fingerprint density at radius 2 is 2.14 bits per heavy atom. The number of carbonyl (C=O) groups is 1. The molecule has 1 rings (SSSR count). The average molecular weight is 218 g/mol. The molecule has 0 aliphatic carbocycles. The van der Waals surface area contributed by atoms with Crippen molar-refractivity contribution in [3.05, 3.63) is 0 Å². The van der Waals surface area contributed by atoms with E-state index in [-0.39, 0.29) is 0 Å². The minimum absolute atomic E-state index is 0.306. The number of hydrogen-bond donors (Lipinski definition) is 0. The van der Waals surface area contributed by atoms with Gasteiger partial charge in [-0.2, -0.15) is 0 Å². The van der Waals surface area contributed by atoms with Crippen molar-refractivity contribution in [2.24, 2.45) is 5.41 Å². The molecule has 0 atom stereocenters. The van der Waals surface area contributed by atoms with Crippen LogP contribution < -0.4 is 0 Å². The van der Waals surface area contributed by atoms with Gasteiger partial charge < -0.3 is 4.90 Å². The van der Waals surface area contributed by atoms with Crippen molar-refractivity contribution < 1.29 is 4.79 Å². The summed E-state index contributed by atoms with van der Waals surface area (Å²) < 4.78 is 0. The van der Waals surface area contributed by atoms with Crippen LogP contribution in [0.3, 0.4) is 0 Å². The van der Waals surface area contributed by atoms with Crippen LogP contribution in [-0.4, -0.2) is 29.8 Å². The van der Waals surface area contributed by atoms with E-state index in [2.05, 4.69) is 13.8 Å². The molecule has 1 aliphatic rings. The first-order valence-corrected chi connectivity index (χ1v) is 5.92. The molecular weight excluding hydrogens is 198 g/mol. The van der Waals surface area contributed by atoms with Crippen molar-refractivity contribution in [3.63, 3.8) is 0 Å². The minimum Gasteiger partial charge on any atom is -0.342 e. The van der Waals surface area contributed by atoms with Crippen LogP contribution in [0.15, 0.2) is 0 Å². The van der Waals surface area contributed by atoms with Crippen molar-refractivity contribution in [3.8, 4) is 0 Å². The molecule has 0 N–H and O–H groups in total. The van der Waals surface area contributed by atoms with E-state index >= 15 is 0 Å². The van der Waals surface area contributed by atoms with E-state index < -0.39 is 0 Å². The van der Waals surface area contributed by atoms with Crippen LogP contribution in [0.4, 0.5) is 0 Å². The molecule has 1 aliphatic heterocycles. The molecule has 1 heterocycles. The lowest BCUT2D eigenvalue weighted by Gasteiger charge is -2.19. The maximum atomic E-state index is 11.7. The predicted octanol–water partition coefficient (Wildman–Crippen LogP) is 2.65. The summed E-state index contributed by atoms with van der Waals surface area (Å²) in [7, 11) is 0. The van der Waals surface area contributed by atoms with Crippen LogP contribution in [0.25, 0.3) is 0 Å². The van der Waals surface area contributed by atoms with Crippen LogP contribution in [0.5, 0.6) is 0 Å². The maximum Gasteiger partial charge on any atom is 0.222 e. The van der Waals surface area contributed by atoms with Gasteiger partial charge in [-0.25, -0.2) is 0 Å². The zero-order valence-corrected chi connectivity index (χ0v) is 9.94. The first-order chi connectivity index (χ1) is 6.55. The number of amides is 1. The van der Waals surface area contributed by atoms with Crippen LogP contribution in [-0.2, 0) is 4.79 Å². The quantitative estimate of drug-likeness (QED) is 0.524. The molecule has 82 valence electrons. The predicted molar refractivity (Wildman–Crippen MR) is 59.5 cm³/mol. The molecule has 1 saturated heterocycles. The zero-order valence-electron chi connectivity index (χ0n) is 9.18. The van der Waals surface area contributed by atoms with Crippen molar-refractivity contribution in [2.45, 2.75) is 39.5 Å². The third-order valence-corrected chi connectivity index (χ3v) is 3.07. The lowest BCUT2D eigenvalue weighted by molar-refractivity contribution is -0.130. The molecular formula is C11H20ClNO. The smallest absolute Gasteiger partial charge is 0.222 e. The summed E-state index contributed by atoms with van der Waals surface area (Å²) in [5, 5.41) is 0. The molecule has 0 aromatic carbocycles. The van der Waals surface area contributed by atoms with Crippen LogP contribution in [0.2, 0.25) is 0 Å². The Balaban J connectivity index is 2.25. The molecule has 0 radical (unpaired) electrons. The maximum absolute atomic E-state index is 11.7. The van der Waals surface area contributed by atoms with Crippen LogP contribution in [0.1, 0.15) is 39.5 Å². The lowest BCUT2D eigenvalue weighted by atomic mass is 9.93. The molecule has 14 heavy (non-hydrogen) atoms. The average Bonchev–Trinajstić information content (AvgIpc) is 2.46. The number of hydrogen-bond acceptors (Lipinski definition) is 1. The van der Waals surface area contributed by atoms with E-state index in [1.807, 2.05) is 4.90 Å². The fraction of sp³-hybridized carbons (Fsp3) is 0.909. The van der Waals surface area contributed by atoms with Crippen molar-refractivity contribution in [1.82, 2.24) is 4.90 Å². The van der Waals surface area contributed by atoms with Crippen LogP contribution >= 0.6 is 11.6 Å². The van der Waals surface area contributed by atoms with Crippen molar-refractivity contribution >= 4 is 17.5 Å². The van der Waals surface area contributed by atoms with E-state index in [0.29, 0.717) is 23.6 Å². The first-order valence-electron chi connectivity index (χ1n) is 5.39. The minimum atomic E-state index is 0.306. The molecule has 0 spiro atoms. The van der Waals surface area contributed by atoms with Crippen LogP contribution in [0, 0.1) is 5.41 Å². The van der Waals surface area contributed by atoms with Gasteiger partial charge in [-0.1, -0.05) is 13.8 Å². The van der Waals surface area contributed by atoms with E-state index in [1.54, 1.807) is 0 Å². The Bertz CT molecular complexity index is 203. The van der Waals surface area contributed by atoms with E-state index in [4.69, 9.17) is 11.6 Å². The van der Waals surface area contributed by atoms with Gasteiger partial charge in [0.15, 0.2) is 0 Å². The molecule has 0 saturated carbocycles. The second-order valence-electron chi connectivity index (χ2n) is 4.88. The highest BCUT2D eigenvalue weighted by Gasteiger charge is 2.31. The topological polar surface area (TPSA) is 20.3 Å². The van der Waals surface area contributed by atoms with E-state index in [1.165, 1.54) is 0 Å². The van der Waals surface area contributed by atoms with Gasteiger partial charge in [0.25, 0.3) is 0 Å². The normalized spacial score (nSPS) is 20.1. The molecule has 0 unspecified atom stereocenters. The van der Waals surface area contributed by atoms with Gasteiger partial charge in [-0.05, 0) is 24.7 Å². The summed E-state index contributed by atoms with van der Waals surface area (Å²) in [6, 6.07) is 0. The van der Waals surface area contributed by atoms with Gasteiger partial charge >= 0.3 is 0 Å². The largest absolute Gasteiger partial charge is 0.342 e. The molecule has 3 heteroatoms. The number of nitrogens with zero attached hydrogens (tertiary/aromatic N) is 1. The summed E-state index contributed by atoms with van der Waals surface area (Å²) in [4.78, 5) is 13.7. The molecule has 0 aromatic rings. The summed E-state index contributed by atoms with van der Waals surface area (Å²) in [5.74, 6) is 0.972. The van der Waals surface area contributed by atoms with Crippen molar-refractivity contribution in [2.75, 3.05) is 19.0 Å². The zero-order chi connectivity index (χ0) is 10.6. The molecule has 1 fully saturated rings. The molecule has 1 amide bonds. The Labute approximate surface area is 91.6 Å². The van der Waals surface area contributed by atoms with Gasteiger partial charge in [0.1, 0.15) is 0 Å². The summed E-state index contributed by atoms with van der Waals surface area (Å²) >= 11 is 5.57. The number of likely N-dealkylation sites (tertiary alicyclic amines) is 1. The van der Waals surface area contributed by atoms with Gasteiger partial charge in [-0.3, -0.25) is 4.79 Å². The highest BCUT2D eigenvalue weighted by molar-refractivity contribution is 6.17. The number of unbranched alkanes of at least 4 members (excludes halogenated alkanes) is 1. The van der Waals surface area contributed by atoms with E-state index in [0.717, 1.165) is 32.4 Å². The fourth-order valence-corrected chi connectivity index (χ4v) is 2.04. The third-order valence-electron chi connectivity index (χ3n) is 2.80. The Morgan fingerprint density at radius 3 is 2.64 bits per heavy atom. The number of rotatable bonds is 4. The monoisotopic (exact) mass is 217 g/mol. The van der Waals surface area contributed by atoms with Gasteiger partial charge in [-0.15, -0.1) is 11.6 Å². The second-order valence-corrected chi connectivity index (χ2v) is 5.25. The first kappa shape index (κ1) is 11.8. The second kappa shape index (κ2) is 5.01. The number of carbonyl (C=O) groups excluding carboxylic acids is 1. The molecule has 0 aromatic heterocycles. The highest BCUT2D eigenvalue weighted by Crippen LogP contribution is 2.29. The van der Waals surface area contributed by atoms with Gasteiger partial charge in [0, 0.05) is 25.4 Å². The summed E-state index contributed by atoms with van der Waals surface area (Å²) in [6.07, 6.45) is 3.68. The SMILES string of the molecule is CC1(C)CCN(C(=O)CCCCCl)C1.